The van der Waals surface area contributed by atoms with Gasteiger partial charge in [-0.3, -0.25) is 9.78 Å². The second kappa shape index (κ2) is 3.86. The van der Waals surface area contributed by atoms with E-state index >= 15 is 0 Å². The molecule has 1 amide bonds. The van der Waals surface area contributed by atoms with Crippen molar-refractivity contribution in [3.05, 3.63) is 18.5 Å². The highest BCUT2D eigenvalue weighted by molar-refractivity contribution is 6.00. The Morgan fingerprint density at radius 3 is 3.27 bits per heavy atom. The van der Waals surface area contributed by atoms with Crippen LogP contribution in [0.5, 0.6) is 0 Å². The number of aromatic nitrogens is 1. The van der Waals surface area contributed by atoms with Gasteiger partial charge in [0.05, 0.1) is 30.7 Å². The Balaban J connectivity index is 2.38. The van der Waals surface area contributed by atoms with E-state index in [0.29, 0.717) is 0 Å². The van der Waals surface area contributed by atoms with Gasteiger partial charge in [0, 0.05) is 12.2 Å². The van der Waals surface area contributed by atoms with Crippen molar-refractivity contribution in [1.29, 1.82) is 0 Å². The molecule has 0 aromatic carbocycles. The molecular formula is C10H13N3O2. The first-order chi connectivity index (χ1) is 7.22. The van der Waals surface area contributed by atoms with Gasteiger partial charge in [0.25, 0.3) is 0 Å². The standard InChI is InChI=1S/C10H13N3O2/c1-7(6-14)13-5-10(15)12-8-2-3-11-4-9(8)13/h2-4,7,14H,5-6H2,1H3,(H,12,15). The molecule has 1 aliphatic rings. The van der Waals surface area contributed by atoms with Crippen molar-refractivity contribution in [1.82, 2.24) is 4.98 Å². The number of carbonyl (C=O) groups is 1. The lowest BCUT2D eigenvalue weighted by Gasteiger charge is -2.34. The van der Waals surface area contributed by atoms with Gasteiger partial charge >= 0.3 is 0 Å². The Morgan fingerprint density at radius 2 is 2.53 bits per heavy atom. The van der Waals surface area contributed by atoms with E-state index in [9.17, 15) is 4.79 Å². The smallest absolute Gasteiger partial charge is 0.243 e. The molecule has 0 saturated carbocycles. The number of hydrogen-bond acceptors (Lipinski definition) is 4. The molecule has 1 unspecified atom stereocenters. The highest BCUT2D eigenvalue weighted by atomic mass is 16.3. The molecule has 5 nitrogen and oxygen atoms in total. The summed E-state index contributed by atoms with van der Waals surface area (Å²) in [6, 6.07) is 1.67. The van der Waals surface area contributed by atoms with Crippen LogP contribution in [0.2, 0.25) is 0 Å². The summed E-state index contributed by atoms with van der Waals surface area (Å²) in [6.07, 6.45) is 3.33. The largest absolute Gasteiger partial charge is 0.394 e. The molecule has 0 radical (unpaired) electrons. The first-order valence-corrected chi connectivity index (χ1v) is 4.83. The van der Waals surface area contributed by atoms with Crippen molar-refractivity contribution in [3.63, 3.8) is 0 Å². The van der Waals surface area contributed by atoms with E-state index in [2.05, 4.69) is 10.3 Å². The quantitative estimate of drug-likeness (QED) is 0.728. The van der Waals surface area contributed by atoms with Gasteiger partial charge in [0.15, 0.2) is 0 Å². The Morgan fingerprint density at radius 1 is 1.73 bits per heavy atom. The first kappa shape index (κ1) is 9.92. The summed E-state index contributed by atoms with van der Waals surface area (Å²) < 4.78 is 0. The van der Waals surface area contributed by atoms with Crippen LogP contribution in [0.15, 0.2) is 18.5 Å². The molecule has 15 heavy (non-hydrogen) atoms. The predicted octanol–water partition coefficient (Wildman–Crippen LogP) is 0.221. The minimum atomic E-state index is -0.0843. The summed E-state index contributed by atoms with van der Waals surface area (Å²) in [7, 11) is 0. The van der Waals surface area contributed by atoms with E-state index in [1.54, 1.807) is 18.5 Å². The number of pyridine rings is 1. The fourth-order valence-corrected chi connectivity index (χ4v) is 1.64. The third-order valence-electron chi connectivity index (χ3n) is 2.49. The lowest BCUT2D eigenvalue weighted by atomic mass is 10.2. The minimum Gasteiger partial charge on any atom is -0.394 e. The molecule has 1 aromatic heterocycles. The van der Waals surface area contributed by atoms with Crippen molar-refractivity contribution in [2.45, 2.75) is 13.0 Å². The van der Waals surface area contributed by atoms with E-state index in [0.717, 1.165) is 11.4 Å². The summed E-state index contributed by atoms with van der Waals surface area (Å²) in [5.41, 5.74) is 1.61. The van der Waals surface area contributed by atoms with Gasteiger partial charge < -0.3 is 15.3 Å². The van der Waals surface area contributed by atoms with Crippen LogP contribution in [-0.2, 0) is 4.79 Å². The van der Waals surface area contributed by atoms with Crippen LogP contribution in [0.1, 0.15) is 6.92 Å². The second-order valence-electron chi connectivity index (χ2n) is 3.60. The Kier molecular flexibility index (Phi) is 2.55. The van der Waals surface area contributed by atoms with Crippen LogP contribution < -0.4 is 10.2 Å². The van der Waals surface area contributed by atoms with Gasteiger partial charge in [-0.25, -0.2) is 0 Å². The number of anilines is 2. The Labute approximate surface area is 87.7 Å². The zero-order valence-corrected chi connectivity index (χ0v) is 8.47. The van der Waals surface area contributed by atoms with Crippen molar-refractivity contribution in [2.24, 2.45) is 0 Å². The molecule has 80 valence electrons. The summed E-state index contributed by atoms with van der Waals surface area (Å²) in [5, 5.41) is 11.9. The molecule has 0 aliphatic carbocycles. The molecular weight excluding hydrogens is 194 g/mol. The highest BCUT2D eigenvalue weighted by Gasteiger charge is 2.25. The van der Waals surface area contributed by atoms with Gasteiger partial charge in [0.1, 0.15) is 0 Å². The van der Waals surface area contributed by atoms with E-state index in [4.69, 9.17) is 5.11 Å². The van der Waals surface area contributed by atoms with E-state index in [-0.39, 0.29) is 25.1 Å². The summed E-state index contributed by atoms with van der Waals surface area (Å²) in [4.78, 5) is 17.3. The Bertz CT molecular complexity index is 381. The zero-order chi connectivity index (χ0) is 10.8. The number of nitrogens with one attached hydrogen (secondary N) is 1. The third kappa shape index (κ3) is 1.78. The maximum absolute atomic E-state index is 11.4. The topological polar surface area (TPSA) is 65.5 Å². The van der Waals surface area contributed by atoms with Gasteiger partial charge in [-0.2, -0.15) is 0 Å². The van der Waals surface area contributed by atoms with Gasteiger partial charge in [-0.1, -0.05) is 0 Å². The average Bonchev–Trinajstić information content (AvgIpc) is 2.26. The SMILES string of the molecule is CC(CO)N1CC(=O)Nc2ccncc21. The van der Waals surface area contributed by atoms with Crippen LogP contribution >= 0.6 is 0 Å². The van der Waals surface area contributed by atoms with Gasteiger partial charge in [-0.05, 0) is 13.0 Å². The van der Waals surface area contributed by atoms with Crippen LogP contribution in [0, 0.1) is 0 Å². The number of amides is 1. The van der Waals surface area contributed by atoms with E-state index in [1.165, 1.54) is 0 Å². The predicted molar refractivity (Wildman–Crippen MR) is 56.8 cm³/mol. The van der Waals surface area contributed by atoms with Crippen molar-refractivity contribution in [3.8, 4) is 0 Å². The molecule has 1 aromatic rings. The number of aliphatic hydroxyl groups excluding tert-OH is 1. The molecule has 2 rings (SSSR count). The molecule has 2 N–H and O–H groups in total. The highest BCUT2D eigenvalue weighted by Crippen LogP contribution is 2.29. The van der Waals surface area contributed by atoms with Crippen molar-refractivity contribution >= 4 is 17.3 Å². The normalized spacial score (nSPS) is 16.9. The van der Waals surface area contributed by atoms with Crippen LogP contribution in [0.25, 0.3) is 0 Å². The molecule has 0 spiro atoms. The number of rotatable bonds is 2. The monoisotopic (exact) mass is 207 g/mol. The van der Waals surface area contributed by atoms with E-state index < -0.39 is 0 Å². The molecule has 5 heteroatoms. The van der Waals surface area contributed by atoms with Crippen LogP contribution in [0.3, 0.4) is 0 Å². The van der Waals surface area contributed by atoms with Gasteiger partial charge in [0.2, 0.25) is 5.91 Å². The molecule has 1 atom stereocenters. The molecule has 0 fully saturated rings. The number of fused-ring (bicyclic) bond motifs is 1. The number of hydrogen-bond donors (Lipinski definition) is 2. The summed E-state index contributed by atoms with van der Waals surface area (Å²) in [6.45, 7) is 2.15. The lowest BCUT2D eigenvalue weighted by Crippen LogP contribution is -2.44. The summed E-state index contributed by atoms with van der Waals surface area (Å²) in [5.74, 6) is -0.0611. The van der Waals surface area contributed by atoms with E-state index in [1.807, 2.05) is 11.8 Å². The maximum Gasteiger partial charge on any atom is 0.243 e. The zero-order valence-electron chi connectivity index (χ0n) is 8.47. The maximum atomic E-state index is 11.4. The average molecular weight is 207 g/mol. The Hall–Kier alpha value is -1.62. The molecule has 2 heterocycles. The van der Waals surface area contributed by atoms with Gasteiger partial charge in [-0.15, -0.1) is 0 Å². The number of aliphatic hydroxyl groups is 1. The fraction of sp³-hybridized carbons (Fsp3) is 0.400. The fourth-order valence-electron chi connectivity index (χ4n) is 1.64. The van der Waals surface area contributed by atoms with Crippen LogP contribution in [0.4, 0.5) is 11.4 Å². The molecule has 1 aliphatic heterocycles. The molecule has 0 bridgehead atoms. The van der Waals surface area contributed by atoms with Crippen molar-refractivity contribution in [2.75, 3.05) is 23.4 Å². The number of nitrogens with zero attached hydrogens (tertiary/aromatic N) is 2. The first-order valence-electron chi connectivity index (χ1n) is 4.83. The minimum absolute atomic E-state index is 0.0155. The second-order valence-corrected chi connectivity index (χ2v) is 3.60. The van der Waals surface area contributed by atoms with Crippen molar-refractivity contribution < 1.29 is 9.90 Å². The number of carbonyl (C=O) groups excluding carboxylic acids is 1. The van der Waals surface area contributed by atoms with Crippen LogP contribution in [-0.4, -0.2) is 35.2 Å². The third-order valence-corrected chi connectivity index (χ3v) is 2.49. The molecule has 0 saturated heterocycles. The summed E-state index contributed by atoms with van der Waals surface area (Å²) >= 11 is 0. The lowest BCUT2D eigenvalue weighted by molar-refractivity contribution is -0.115.